The summed E-state index contributed by atoms with van der Waals surface area (Å²) in [5, 5.41) is 9.48. The number of carbonyl (C=O) groups is 1. The van der Waals surface area contributed by atoms with Gasteiger partial charge in [0.2, 0.25) is 0 Å². The maximum Gasteiger partial charge on any atom is 0.319 e. The van der Waals surface area contributed by atoms with Crippen LogP contribution in [0.1, 0.15) is 39.5 Å². The molecule has 1 atom stereocenters. The zero-order valence-corrected chi connectivity index (χ0v) is 8.49. The lowest BCUT2D eigenvalue weighted by Crippen LogP contribution is -2.43. The van der Waals surface area contributed by atoms with Gasteiger partial charge >= 0.3 is 5.97 Å². The summed E-state index contributed by atoms with van der Waals surface area (Å²) < 4.78 is -0.421. The molecule has 0 spiro atoms. The molecule has 12 heavy (non-hydrogen) atoms. The Hall–Kier alpha value is -0.180. The van der Waals surface area contributed by atoms with Crippen molar-refractivity contribution in [2.45, 2.75) is 49.5 Å². The van der Waals surface area contributed by atoms with E-state index in [0.717, 1.165) is 25.7 Å². The first kappa shape index (κ1) is 9.90. The van der Waals surface area contributed by atoms with Crippen LogP contribution >= 0.6 is 11.8 Å². The van der Waals surface area contributed by atoms with Crippen LogP contribution in [0.3, 0.4) is 0 Å². The van der Waals surface area contributed by atoms with Crippen molar-refractivity contribution >= 4 is 17.7 Å². The third-order valence-electron chi connectivity index (χ3n) is 2.55. The summed E-state index contributed by atoms with van der Waals surface area (Å²) in [6, 6.07) is 0. The summed E-state index contributed by atoms with van der Waals surface area (Å²) in [6.45, 7) is 4.21. The van der Waals surface area contributed by atoms with E-state index in [2.05, 4.69) is 13.8 Å². The quantitative estimate of drug-likeness (QED) is 0.736. The number of aliphatic carboxylic acids is 1. The molecule has 0 heterocycles. The fraction of sp³-hybridized carbons (Fsp3) is 0.889. The zero-order valence-electron chi connectivity index (χ0n) is 7.67. The molecule has 1 aliphatic rings. The Morgan fingerprint density at radius 3 is 2.50 bits per heavy atom. The van der Waals surface area contributed by atoms with Crippen molar-refractivity contribution in [1.29, 1.82) is 0 Å². The van der Waals surface area contributed by atoms with E-state index in [0.29, 0.717) is 5.25 Å². The smallest absolute Gasteiger partial charge is 0.319 e. The van der Waals surface area contributed by atoms with Crippen LogP contribution in [-0.2, 0) is 4.79 Å². The predicted octanol–water partition coefficient (Wildman–Crippen LogP) is 2.53. The highest BCUT2D eigenvalue weighted by Gasteiger charge is 2.45. The SMILES string of the molecule is CCC(C)SC1(C(=O)O)CCC1. The standard InChI is InChI=1S/C9H16O2S/c1-3-7(2)12-9(8(10)11)5-4-6-9/h7H,3-6H2,1-2H3,(H,10,11). The van der Waals surface area contributed by atoms with E-state index < -0.39 is 10.7 Å². The molecule has 0 radical (unpaired) electrons. The fourth-order valence-electron chi connectivity index (χ4n) is 1.35. The molecule has 1 saturated carbocycles. The zero-order chi connectivity index (χ0) is 9.19. The Balaban J connectivity index is 2.50. The average molecular weight is 188 g/mol. The summed E-state index contributed by atoms with van der Waals surface area (Å²) in [5.74, 6) is -0.612. The number of hydrogen-bond acceptors (Lipinski definition) is 2. The minimum atomic E-state index is -0.612. The second kappa shape index (κ2) is 3.69. The molecule has 2 nitrogen and oxygen atoms in total. The average Bonchev–Trinajstić information content (AvgIpc) is 1.95. The highest BCUT2D eigenvalue weighted by molar-refractivity contribution is 8.02. The van der Waals surface area contributed by atoms with Crippen LogP contribution in [0.15, 0.2) is 0 Å². The minimum Gasteiger partial charge on any atom is -0.480 e. The van der Waals surface area contributed by atoms with Gasteiger partial charge in [-0.15, -0.1) is 11.8 Å². The first-order valence-electron chi connectivity index (χ1n) is 4.52. The third kappa shape index (κ3) is 1.76. The number of carboxylic acids is 1. The van der Waals surface area contributed by atoms with Crippen molar-refractivity contribution in [3.8, 4) is 0 Å². The van der Waals surface area contributed by atoms with E-state index >= 15 is 0 Å². The van der Waals surface area contributed by atoms with E-state index in [-0.39, 0.29) is 0 Å². The van der Waals surface area contributed by atoms with Crippen LogP contribution in [0.25, 0.3) is 0 Å². The van der Waals surface area contributed by atoms with Crippen molar-refractivity contribution in [3.63, 3.8) is 0 Å². The summed E-state index contributed by atoms with van der Waals surface area (Å²) in [6.07, 6.45) is 3.85. The largest absolute Gasteiger partial charge is 0.480 e. The van der Waals surface area contributed by atoms with Gasteiger partial charge in [-0.3, -0.25) is 4.79 Å². The topological polar surface area (TPSA) is 37.3 Å². The monoisotopic (exact) mass is 188 g/mol. The van der Waals surface area contributed by atoms with Crippen LogP contribution in [0, 0.1) is 0 Å². The lowest BCUT2D eigenvalue weighted by Gasteiger charge is -2.38. The van der Waals surface area contributed by atoms with Crippen LogP contribution < -0.4 is 0 Å². The molecule has 1 N–H and O–H groups in total. The number of thioether (sulfide) groups is 1. The maximum atomic E-state index is 10.9. The van der Waals surface area contributed by atoms with E-state index in [4.69, 9.17) is 5.11 Å². The van der Waals surface area contributed by atoms with Gasteiger partial charge < -0.3 is 5.11 Å². The Bertz CT molecular complexity index is 175. The van der Waals surface area contributed by atoms with E-state index in [9.17, 15) is 4.79 Å². The molecule has 0 amide bonds. The summed E-state index contributed by atoms with van der Waals surface area (Å²) in [5.41, 5.74) is 0. The minimum absolute atomic E-state index is 0.421. The second-order valence-corrected chi connectivity index (χ2v) is 5.31. The van der Waals surface area contributed by atoms with Crippen LogP contribution in [0.5, 0.6) is 0 Å². The maximum absolute atomic E-state index is 10.9. The predicted molar refractivity (Wildman–Crippen MR) is 51.6 cm³/mol. The third-order valence-corrected chi connectivity index (χ3v) is 4.32. The van der Waals surface area contributed by atoms with Crippen LogP contribution in [0.4, 0.5) is 0 Å². The molecule has 0 saturated heterocycles. The molecule has 1 aliphatic carbocycles. The molecule has 0 aromatic heterocycles. The highest BCUT2D eigenvalue weighted by Crippen LogP contribution is 2.46. The molecule has 1 rings (SSSR count). The molecule has 1 unspecified atom stereocenters. The Morgan fingerprint density at radius 2 is 2.25 bits per heavy atom. The van der Waals surface area contributed by atoms with Gasteiger partial charge in [0, 0.05) is 5.25 Å². The molecule has 1 fully saturated rings. The highest BCUT2D eigenvalue weighted by atomic mass is 32.2. The van der Waals surface area contributed by atoms with Crippen molar-refractivity contribution < 1.29 is 9.90 Å². The van der Waals surface area contributed by atoms with E-state index in [1.807, 2.05) is 0 Å². The van der Waals surface area contributed by atoms with Gasteiger partial charge in [-0.25, -0.2) is 0 Å². The molecule has 70 valence electrons. The number of hydrogen-bond donors (Lipinski definition) is 1. The van der Waals surface area contributed by atoms with Crippen LogP contribution in [0.2, 0.25) is 0 Å². The van der Waals surface area contributed by atoms with Gasteiger partial charge in [0.15, 0.2) is 0 Å². The molecule has 0 aromatic carbocycles. The van der Waals surface area contributed by atoms with E-state index in [1.54, 1.807) is 11.8 Å². The fourth-order valence-corrected chi connectivity index (χ4v) is 2.91. The Kier molecular flexibility index (Phi) is 3.04. The van der Waals surface area contributed by atoms with Gasteiger partial charge in [-0.05, 0) is 25.7 Å². The normalized spacial score (nSPS) is 22.8. The molecule has 0 bridgehead atoms. The number of carboxylic acid groups (broad SMARTS) is 1. The van der Waals surface area contributed by atoms with Gasteiger partial charge in [0.05, 0.1) is 0 Å². The molecule has 3 heteroatoms. The van der Waals surface area contributed by atoms with Crippen molar-refractivity contribution in [1.82, 2.24) is 0 Å². The lowest BCUT2D eigenvalue weighted by atomic mass is 9.84. The van der Waals surface area contributed by atoms with Gasteiger partial charge in [0.25, 0.3) is 0 Å². The summed E-state index contributed by atoms with van der Waals surface area (Å²) >= 11 is 1.64. The summed E-state index contributed by atoms with van der Waals surface area (Å²) in [4.78, 5) is 10.9. The van der Waals surface area contributed by atoms with Gasteiger partial charge in [-0.1, -0.05) is 13.8 Å². The molecular formula is C9H16O2S. The second-order valence-electron chi connectivity index (χ2n) is 3.49. The Labute approximate surface area is 77.7 Å². The van der Waals surface area contributed by atoms with Crippen molar-refractivity contribution in [2.75, 3.05) is 0 Å². The first-order chi connectivity index (χ1) is 5.60. The molecular weight excluding hydrogens is 172 g/mol. The van der Waals surface area contributed by atoms with Crippen molar-refractivity contribution in [2.24, 2.45) is 0 Å². The van der Waals surface area contributed by atoms with Crippen LogP contribution in [-0.4, -0.2) is 21.1 Å². The molecule has 0 aliphatic heterocycles. The van der Waals surface area contributed by atoms with E-state index in [1.165, 1.54) is 0 Å². The lowest BCUT2D eigenvalue weighted by molar-refractivity contribution is -0.142. The first-order valence-corrected chi connectivity index (χ1v) is 5.40. The molecule has 0 aromatic rings. The Morgan fingerprint density at radius 1 is 1.67 bits per heavy atom. The number of rotatable bonds is 4. The van der Waals surface area contributed by atoms with Gasteiger partial charge in [0.1, 0.15) is 4.75 Å². The van der Waals surface area contributed by atoms with Gasteiger partial charge in [-0.2, -0.15) is 0 Å². The summed E-state index contributed by atoms with van der Waals surface area (Å²) in [7, 11) is 0. The van der Waals surface area contributed by atoms with Crippen molar-refractivity contribution in [3.05, 3.63) is 0 Å².